The minimum atomic E-state index is -0.0345. The van der Waals surface area contributed by atoms with Crippen molar-refractivity contribution in [3.63, 3.8) is 0 Å². The lowest BCUT2D eigenvalue weighted by molar-refractivity contribution is 0.316. The number of nitriles is 1. The van der Waals surface area contributed by atoms with E-state index in [0.29, 0.717) is 18.0 Å². The molecule has 0 heterocycles. The number of phenolic OH excluding ortho intramolecular Hbond substituents is 1. The van der Waals surface area contributed by atoms with Crippen LogP contribution in [0.25, 0.3) is 11.1 Å². The number of anilines is 1. The van der Waals surface area contributed by atoms with Crippen molar-refractivity contribution in [1.82, 2.24) is 4.90 Å². The van der Waals surface area contributed by atoms with Crippen LogP contribution < -0.4 is 10.1 Å². The molecular formula is C27H30ClN3O2. The Morgan fingerprint density at radius 3 is 2.18 bits per heavy atom. The number of rotatable bonds is 9. The molecule has 3 rings (SSSR count). The van der Waals surface area contributed by atoms with Crippen molar-refractivity contribution in [3.8, 4) is 34.4 Å². The molecule has 0 aliphatic carbocycles. The normalized spacial score (nSPS) is 10.8. The summed E-state index contributed by atoms with van der Waals surface area (Å²) < 4.78 is 6.00. The summed E-state index contributed by atoms with van der Waals surface area (Å²) in [5.41, 5.74) is 4.56. The maximum atomic E-state index is 10.4. The molecule has 5 nitrogen and oxygen atoms in total. The number of aromatic hydroxyl groups is 1. The molecule has 0 bridgehead atoms. The fraction of sp³-hybridized carbons (Fsp3) is 0.296. The van der Waals surface area contributed by atoms with Crippen LogP contribution >= 0.6 is 11.6 Å². The first-order chi connectivity index (χ1) is 15.9. The average Bonchev–Trinajstić information content (AvgIpc) is 2.80. The van der Waals surface area contributed by atoms with Gasteiger partial charge in [-0.05, 0) is 85.6 Å². The Balaban J connectivity index is 1.80. The molecule has 0 radical (unpaired) electrons. The maximum Gasteiger partial charge on any atom is 0.136 e. The molecule has 6 heteroatoms. The lowest BCUT2D eigenvalue weighted by Crippen LogP contribution is -2.28. The fourth-order valence-corrected chi connectivity index (χ4v) is 3.86. The Morgan fingerprint density at radius 1 is 0.970 bits per heavy atom. The number of benzene rings is 3. The van der Waals surface area contributed by atoms with Crippen LogP contribution in [-0.2, 0) is 0 Å². The van der Waals surface area contributed by atoms with Crippen LogP contribution in [0.5, 0.6) is 17.2 Å². The van der Waals surface area contributed by atoms with E-state index >= 15 is 0 Å². The third-order valence-corrected chi connectivity index (χ3v) is 6.30. The van der Waals surface area contributed by atoms with E-state index in [1.807, 2.05) is 56.3 Å². The zero-order valence-corrected chi connectivity index (χ0v) is 20.3. The summed E-state index contributed by atoms with van der Waals surface area (Å²) in [6.45, 7) is 11.6. The van der Waals surface area contributed by atoms with Crippen LogP contribution in [0.3, 0.4) is 0 Å². The van der Waals surface area contributed by atoms with Crippen molar-refractivity contribution in [2.75, 3.05) is 31.5 Å². The third-order valence-electron chi connectivity index (χ3n) is 5.70. The quantitative estimate of drug-likeness (QED) is 0.367. The number of aryl methyl sites for hydroxylation is 2. The van der Waals surface area contributed by atoms with E-state index in [9.17, 15) is 10.4 Å². The SMILES string of the molecule is CCN(CC)CCNc1cc(-c2ccc(Oc3cc(C)c(Cl)c(C)c3)cc2)cc(O)c1C#N. The second-order valence-corrected chi connectivity index (χ2v) is 8.36. The summed E-state index contributed by atoms with van der Waals surface area (Å²) in [5, 5.41) is 24.0. The first-order valence-electron chi connectivity index (χ1n) is 11.1. The molecule has 0 spiro atoms. The molecule has 0 saturated carbocycles. The number of ether oxygens (including phenoxy) is 1. The van der Waals surface area contributed by atoms with Crippen molar-refractivity contribution in [1.29, 1.82) is 5.26 Å². The van der Waals surface area contributed by atoms with E-state index in [2.05, 4.69) is 30.1 Å². The number of likely N-dealkylation sites (N-methyl/N-ethyl adjacent to an activating group) is 1. The minimum Gasteiger partial charge on any atom is -0.506 e. The van der Waals surface area contributed by atoms with Gasteiger partial charge in [0.15, 0.2) is 0 Å². The fourth-order valence-electron chi connectivity index (χ4n) is 3.76. The van der Waals surface area contributed by atoms with E-state index < -0.39 is 0 Å². The second-order valence-electron chi connectivity index (χ2n) is 7.98. The van der Waals surface area contributed by atoms with Gasteiger partial charge in [-0.3, -0.25) is 0 Å². The zero-order chi connectivity index (χ0) is 24.0. The lowest BCUT2D eigenvalue weighted by atomic mass is 10.0. The standard InChI is InChI=1S/C27H30ClN3O2/c1-5-31(6-2)12-11-30-25-15-21(16-26(32)24(25)17-29)20-7-9-22(10-8-20)33-23-13-18(3)27(28)19(4)14-23/h7-10,13-16,30,32H,5-6,11-12H2,1-4H3. The highest BCUT2D eigenvalue weighted by molar-refractivity contribution is 6.32. The molecule has 0 aromatic heterocycles. The largest absolute Gasteiger partial charge is 0.506 e. The van der Waals surface area contributed by atoms with Crippen molar-refractivity contribution in [2.45, 2.75) is 27.7 Å². The first kappa shape index (κ1) is 24.4. The highest BCUT2D eigenvalue weighted by Crippen LogP contribution is 2.34. The molecule has 0 aliphatic heterocycles. The van der Waals surface area contributed by atoms with Gasteiger partial charge >= 0.3 is 0 Å². The van der Waals surface area contributed by atoms with E-state index in [1.54, 1.807) is 6.07 Å². The van der Waals surface area contributed by atoms with Gasteiger partial charge in [-0.2, -0.15) is 5.26 Å². The number of nitrogens with one attached hydrogen (secondary N) is 1. The molecule has 0 saturated heterocycles. The Labute approximate surface area is 201 Å². The number of phenols is 1. The smallest absolute Gasteiger partial charge is 0.136 e. The molecule has 3 aromatic rings. The highest BCUT2D eigenvalue weighted by atomic mass is 35.5. The van der Waals surface area contributed by atoms with Gasteiger partial charge in [0, 0.05) is 18.1 Å². The van der Waals surface area contributed by atoms with Gasteiger partial charge < -0.3 is 20.1 Å². The molecule has 0 aliphatic rings. The Morgan fingerprint density at radius 2 is 1.61 bits per heavy atom. The zero-order valence-electron chi connectivity index (χ0n) is 19.6. The van der Waals surface area contributed by atoms with E-state index in [4.69, 9.17) is 16.3 Å². The van der Waals surface area contributed by atoms with Crippen molar-refractivity contribution >= 4 is 17.3 Å². The van der Waals surface area contributed by atoms with Crippen LogP contribution in [0, 0.1) is 25.2 Å². The Bertz CT molecular complexity index is 1130. The van der Waals surface area contributed by atoms with Crippen LogP contribution in [0.2, 0.25) is 5.02 Å². The van der Waals surface area contributed by atoms with E-state index in [-0.39, 0.29) is 11.3 Å². The molecule has 0 amide bonds. The van der Waals surface area contributed by atoms with Crippen LogP contribution in [0.1, 0.15) is 30.5 Å². The summed E-state index contributed by atoms with van der Waals surface area (Å²) in [6, 6.07) is 17.1. The minimum absolute atomic E-state index is 0.0345. The molecule has 0 unspecified atom stereocenters. The van der Waals surface area contributed by atoms with Crippen molar-refractivity contribution < 1.29 is 9.84 Å². The molecule has 2 N–H and O–H groups in total. The predicted molar refractivity (Wildman–Crippen MR) is 136 cm³/mol. The second kappa shape index (κ2) is 11.1. The van der Waals surface area contributed by atoms with Crippen molar-refractivity contribution in [2.24, 2.45) is 0 Å². The van der Waals surface area contributed by atoms with Gasteiger partial charge in [0.25, 0.3) is 0 Å². The summed E-state index contributed by atoms with van der Waals surface area (Å²) >= 11 is 6.25. The molecule has 33 heavy (non-hydrogen) atoms. The molecule has 172 valence electrons. The van der Waals surface area contributed by atoms with Gasteiger partial charge in [-0.1, -0.05) is 37.6 Å². The van der Waals surface area contributed by atoms with E-state index in [1.165, 1.54) is 0 Å². The van der Waals surface area contributed by atoms with Gasteiger partial charge in [-0.15, -0.1) is 0 Å². The van der Waals surface area contributed by atoms with Crippen LogP contribution in [0.15, 0.2) is 48.5 Å². The Hall–Kier alpha value is -3.20. The van der Waals surface area contributed by atoms with Gasteiger partial charge in [0.2, 0.25) is 0 Å². The van der Waals surface area contributed by atoms with Crippen LogP contribution in [-0.4, -0.2) is 36.2 Å². The summed E-state index contributed by atoms with van der Waals surface area (Å²) in [6.07, 6.45) is 0. The maximum absolute atomic E-state index is 10.4. The summed E-state index contributed by atoms with van der Waals surface area (Å²) in [7, 11) is 0. The predicted octanol–water partition coefficient (Wildman–Crippen LogP) is 6.75. The number of halogens is 1. The summed E-state index contributed by atoms with van der Waals surface area (Å²) in [4.78, 5) is 2.30. The number of nitrogens with zero attached hydrogens (tertiary/aromatic N) is 2. The molecule has 3 aromatic carbocycles. The Kier molecular flexibility index (Phi) is 8.21. The number of hydrogen-bond donors (Lipinski definition) is 2. The lowest BCUT2D eigenvalue weighted by Gasteiger charge is -2.19. The molecule has 0 fully saturated rings. The average molecular weight is 464 g/mol. The van der Waals surface area contributed by atoms with Gasteiger partial charge in [0.1, 0.15) is 28.9 Å². The highest BCUT2D eigenvalue weighted by Gasteiger charge is 2.12. The third kappa shape index (κ3) is 5.98. The molecule has 0 atom stereocenters. The van der Waals surface area contributed by atoms with E-state index in [0.717, 1.165) is 52.7 Å². The van der Waals surface area contributed by atoms with Crippen molar-refractivity contribution in [3.05, 3.63) is 70.2 Å². The topological polar surface area (TPSA) is 68.5 Å². The first-order valence-corrected chi connectivity index (χ1v) is 11.5. The molecular weight excluding hydrogens is 434 g/mol. The van der Waals surface area contributed by atoms with Gasteiger partial charge in [0.05, 0.1) is 5.69 Å². The number of hydrogen-bond acceptors (Lipinski definition) is 5. The monoisotopic (exact) mass is 463 g/mol. The van der Waals surface area contributed by atoms with Gasteiger partial charge in [-0.25, -0.2) is 0 Å². The van der Waals surface area contributed by atoms with Crippen LogP contribution in [0.4, 0.5) is 5.69 Å². The summed E-state index contributed by atoms with van der Waals surface area (Å²) in [5.74, 6) is 1.40.